The van der Waals surface area contributed by atoms with E-state index in [0.29, 0.717) is 0 Å². The molecule has 1 radical (unpaired) electrons. The number of benzene rings is 2. The van der Waals surface area contributed by atoms with Crippen LogP contribution in [0.25, 0.3) is 11.1 Å². The minimum Gasteiger partial charge on any atom is -0.508 e. The zero-order valence-electron chi connectivity index (χ0n) is 18.1. The monoisotopic (exact) mass is 417 g/mol. The van der Waals surface area contributed by atoms with E-state index in [1.807, 2.05) is 64.1 Å². The van der Waals surface area contributed by atoms with Gasteiger partial charge >= 0.3 is 9.28 Å². The molecule has 2 aromatic rings. The summed E-state index contributed by atoms with van der Waals surface area (Å²) in [5.74, 6) is 1.05. The maximum Gasteiger partial charge on any atom is 0.385 e. The van der Waals surface area contributed by atoms with Crippen molar-refractivity contribution in [3.8, 4) is 22.6 Å². The molecule has 0 atom stereocenters. The number of rotatable bonds is 12. The summed E-state index contributed by atoms with van der Waals surface area (Å²) in [6, 6.07) is 14.4. The van der Waals surface area contributed by atoms with Crippen molar-refractivity contribution in [3.63, 3.8) is 0 Å². The molecule has 0 saturated carbocycles. The number of aryl methyl sites for hydroxylation is 1. The lowest BCUT2D eigenvalue weighted by Crippen LogP contribution is -2.29. The fourth-order valence-electron chi connectivity index (χ4n) is 3.02. The Balaban J connectivity index is 2.07. The van der Waals surface area contributed by atoms with E-state index in [-0.39, 0.29) is 24.8 Å². The number of ether oxygens (including phenoxy) is 2. The van der Waals surface area contributed by atoms with Crippen LogP contribution < -0.4 is 4.74 Å². The average Bonchev–Trinajstić information content (AvgIpc) is 2.66. The Hall–Kier alpha value is -1.86. The summed E-state index contributed by atoms with van der Waals surface area (Å²) in [5.41, 5.74) is 3.32. The summed E-state index contributed by atoms with van der Waals surface area (Å²) in [5, 5.41) is 10.00. The first-order valence-electron chi connectivity index (χ1n) is 10.1. The third-order valence-electron chi connectivity index (χ3n) is 4.16. The van der Waals surface area contributed by atoms with E-state index in [9.17, 15) is 5.11 Å². The molecule has 0 heterocycles. The van der Waals surface area contributed by atoms with Gasteiger partial charge in [-0.25, -0.2) is 0 Å². The van der Waals surface area contributed by atoms with Gasteiger partial charge in [-0.05, 0) is 87.5 Å². The van der Waals surface area contributed by atoms with Gasteiger partial charge in [0.25, 0.3) is 0 Å². The van der Waals surface area contributed by atoms with Crippen molar-refractivity contribution >= 4 is 9.28 Å². The van der Waals surface area contributed by atoms with Gasteiger partial charge in [0.05, 0.1) is 0 Å². The Kier molecular flexibility index (Phi) is 9.67. The highest BCUT2D eigenvalue weighted by Crippen LogP contribution is 2.30. The topological polar surface area (TPSA) is 57.2 Å². The van der Waals surface area contributed by atoms with E-state index < -0.39 is 9.28 Å². The molecule has 159 valence electrons. The maximum atomic E-state index is 10.00. The Morgan fingerprint density at radius 2 is 1.59 bits per heavy atom. The highest BCUT2D eigenvalue weighted by atomic mass is 28.3. The van der Waals surface area contributed by atoms with Gasteiger partial charge < -0.3 is 23.4 Å². The first-order chi connectivity index (χ1) is 13.9. The van der Waals surface area contributed by atoms with Crippen molar-refractivity contribution in [2.45, 2.75) is 58.8 Å². The van der Waals surface area contributed by atoms with Crippen LogP contribution in [0.5, 0.6) is 11.5 Å². The van der Waals surface area contributed by atoms with Gasteiger partial charge in [0.1, 0.15) is 11.5 Å². The molecule has 0 spiro atoms. The van der Waals surface area contributed by atoms with Crippen LogP contribution in [0.4, 0.5) is 0 Å². The fourth-order valence-corrected chi connectivity index (χ4v) is 4.83. The number of hydrogen-bond donors (Lipinski definition) is 1. The van der Waals surface area contributed by atoms with Crippen LogP contribution in [-0.4, -0.2) is 40.5 Å². The van der Waals surface area contributed by atoms with E-state index in [1.165, 1.54) is 0 Å². The van der Waals surface area contributed by atoms with Crippen molar-refractivity contribution in [2.75, 3.05) is 13.9 Å². The van der Waals surface area contributed by atoms with Crippen molar-refractivity contribution in [1.29, 1.82) is 0 Å². The Morgan fingerprint density at radius 3 is 2.17 bits per heavy atom. The van der Waals surface area contributed by atoms with Crippen LogP contribution >= 0.6 is 0 Å². The molecule has 0 aromatic heterocycles. The minimum absolute atomic E-state index is 0.165. The molecule has 6 heteroatoms. The second-order valence-corrected chi connectivity index (χ2v) is 9.19. The van der Waals surface area contributed by atoms with E-state index in [1.54, 1.807) is 13.2 Å². The quantitative estimate of drug-likeness (QED) is 0.374. The molecule has 2 aromatic carbocycles. The lowest BCUT2D eigenvalue weighted by atomic mass is 9.96. The molecule has 1 N–H and O–H groups in total. The van der Waals surface area contributed by atoms with Crippen molar-refractivity contribution in [3.05, 3.63) is 48.0 Å². The zero-order valence-corrected chi connectivity index (χ0v) is 19.1. The van der Waals surface area contributed by atoms with Gasteiger partial charge in [0, 0.05) is 19.3 Å². The molecular formula is C23H33O5Si. The lowest BCUT2D eigenvalue weighted by molar-refractivity contribution is 0.0511. The predicted molar refractivity (Wildman–Crippen MR) is 117 cm³/mol. The highest BCUT2D eigenvalue weighted by Gasteiger charge is 2.19. The smallest absolute Gasteiger partial charge is 0.385 e. The fraction of sp³-hybridized carbons (Fsp3) is 0.478. The first kappa shape index (κ1) is 23.4. The number of methoxy groups -OCH3 is 1. The molecule has 0 unspecified atom stereocenters. The predicted octanol–water partition coefficient (Wildman–Crippen LogP) is 5.31. The Bertz CT molecular complexity index is 721. The second-order valence-electron chi connectivity index (χ2n) is 7.48. The van der Waals surface area contributed by atoms with E-state index in [2.05, 4.69) is 0 Å². The largest absolute Gasteiger partial charge is 0.508 e. The maximum absolute atomic E-state index is 10.00. The van der Waals surface area contributed by atoms with E-state index in [0.717, 1.165) is 41.3 Å². The average molecular weight is 418 g/mol. The molecule has 2 rings (SSSR count). The molecular weight excluding hydrogens is 384 g/mol. The Morgan fingerprint density at radius 1 is 0.931 bits per heavy atom. The highest BCUT2D eigenvalue weighted by molar-refractivity contribution is 6.44. The minimum atomic E-state index is -1.31. The molecule has 29 heavy (non-hydrogen) atoms. The molecule has 0 fully saturated rings. The summed E-state index contributed by atoms with van der Waals surface area (Å²) < 4.78 is 22.4. The molecule has 0 aliphatic rings. The number of phenols is 1. The Labute approximate surface area is 176 Å². The van der Waals surface area contributed by atoms with Crippen LogP contribution in [0.3, 0.4) is 0 Å². The standard InChI is InChI=1S/C23H33O5Si/c1-17(2)27-29(28-18(3)4)14-6-7-20-15-21(24)10-13-23(20)19-8-11-22(12-9-19)26-16-25-5/h8-13,15,17-18,24H,6-7,14,16H2,1-5H3. The summed E-state index contributed by atoms with van der Waals surface area (Å²) in [6.07, 6.45) is 2.12. The zero-order chi connectivity index (χ0) is 21.2. The molecule has 5 nitrogen and oxygen atoms in total. The first-order valence-corrected chi connectivity index (χ1v) is 11.6. The summed E-state index contributed by atoms with van der Waals surface area (Å²) in [4.78, 5) is 0. The van der Waals surface area contributed by atoms with Crippen LogP contribution in [0.2, 0.25) is 6.04 Å². The SMILES string of the molecule is COCOc1ccc(-c2ccc(O)cc2CCC[Si](OC(C)C)OC(C)C)cc1. The number of phenolic OH excluding ortho intramolecular Hbond substituents is 1. The van der Waals surface area contributed by atoms with Crippen LogP contribution in [-0.2, 0) is 20.0 Å². The number of hydrogen-bond acceptors (Lipinski definition) is 5. The molecule has 0 aliphatic heterocycles. The molecule has 0 aliphatic carbocycles. The molecule has 0 saturated heterocycles. The normalized spacial score (nSPS) is 11.6. The molecule has 0 amide bonds. The van der Waals surface area contributed by atoms with Crippen LogP contribution in [0.15, 0.2) is 42.5 Å². The molecule has 0 bridgehead atoms. The summed E-state index contributed by atoms with van der Waals surface area (Å²) in [7, 11) is 0.294. The van der Waals surface area contributed by atoms with Gasteiger partial charge in [0.2, 0.25) is 0 Å². The third-order valence-corrected chi connectivity index (χ3v) is 6.39. The van der Waals surface area contributed by atoms with E-state index in [4.69, 9.17) is 18.3 Å². The summed E-state index contributed by atoms with van der Waals surface area (Å²) >= 11 is 0. The third kappa shape index (κ3) is 8.18. The number of aromatic hydroxyl groups is 1. The van der Waals surface area contributed by atoms with E-state index >= 15 is 0 Å². The van der Waals surface area contributed by atoms with Crippen molar-refractivity contribution in [2.24, 2.45) is 0 Å². The van der Waals surface area contributed by atoms with Crippen LogP contribution in [0, 0.1) is 0 Å². The van der Waals surface area contributed by atoms with Gasteiger partial charge in [-0.2, -0.15) is 0 Å². The van der Waals surface area contributed by atoms with Gasteiger partial charge in [-0.1, -0.05) is 18.2 Å². The van der Waals surface area contributed by atoms with Crippen molar-refractivity contribution < 1.29 is 23.4 Å². The summed E-state index contributed by atoms with van der Waals surface area (Å²) in [6.45, 7) is 8.40. The van der Waals surface area contributed by atoms with Gasteiger partial charge in [-0.15, -0.1) is 0 Å². The lowest BCUT2D eigenvalue weighted by Gasteiger charge is -2.20. The van der Waals surface area contributed by atoms with Gasteiger partial charge in [-0.3, -0.25) is 0 Å². The second kappa shape index (κ2) is 12.0. The van der Waals surface area contributed by atoms with Crippen molar-refractivity contribution in [1.82, 2.24) is 0 Å². The van der Waals surface area contributed by atoms with Gasteiger partial charge in [0.15, 0.2) is 6.79 Å². The van der Waals surface area contributed by atoms with Crippen LogP contribution in [0.1, 0.15) is 39.7 Å².